The molecule has 0 aliphatic heterocycles. The van der Waals surface area contributed by atoms with E-state index in [-0.39, 0.29) is 0 Å². The molecule has 0 radical (unpaired) electrons. The zero-order valence-corrected chi connectivity index (χ0v) is 13.5. The van der Waals surface area contributed by atoms with Gasteiger partial charge in [0.25, 0.3) is 0 Å². The van der Waals surface area contributed by atoms with Crippen molar-refractivity contribution < 1.29 is 0 Å². The molecule has 0 heterocycles. The third-order valence-electron chi connectivity index (χ3n) is 3.29. The van der Waals surface area contributed by atoms with Gasteiger partial charge in [0.1, 0.15) is 0 Å². The molecule has 0 fully saturated rings. The van der Waals surface area contributed by atoms with Gasteiger partial charge in [0.2, 0.25) is 0 Å². The molecule has 2 rings (SSSR count). The number of anilines is 1. The highest BCUT2D eigenvalue weighted by Gasteiger charge is 2.06. The summed E-state index contributed by atoms with van der Waals surface area (Å²) in [6, 6.07) is 14.8. The second kappa shape index (κ2) is 6.44. The molecule has 0 saturated heterocycles. The molecule has 3 heteroatoms. The number of alkyl halides is 1. The van der Waals surface area contributed by atoms with E-state index < -0.39 is 0 Å². The standard InChI is InChI=1S/C16H17BrClN/c1-12-5-3-4-6-14(12)11-19(2)15-8-7-13(10-18)16(17)9-15/h3-9H,10-11H2,1-2H3. The fourth-order valence-electron chi connectivity index (χ4n) is 2.02. The molecule has 100 valence electrons. The van der Waals surface area contributed by atoms with Crippen LogP contribution in [0.4, 0.5) is 5.69 Å². The summed E-state index contributed by atoms with van der Waals surface area (Å²) in [5.41, 5.74) is 4.98. The zero-order valence-electron chi connectivity index (χ0n) is 11.2. The van der Waals surface area contributed by atoms with Crippen LogP contribution in [-0.2, 0) is 12.4 Å². The first-order valence-corrected chi connectivity index (χ1v) is 7.54. The first-order chi connectivity index (χ1) is 9.11. The van der Waals surface area contributed by atoms with Crippen molar-refractivity contribution in [3.63, 3.8) is 0 Å². The third-order valence-corrected chi connectivity index (χ3v) is 4.32. The van der Waals surface area contributed by atoms with Gasteiger partial charge in [0.05, 0.1) is 0 Å². The van der Waals surface area contributed by atoms with Crippen LogP contribution in [0.3, 0.4) is 0 Å². The number of rotatable bonds is 4. The van der Waals surface area contributed by atoms with Crippen LogP contribution in [0.2, 0.25) is 0 Å². The molecule has 0 bridgehead atoms. The Hall–Kier alpha value is -0.990. The topological polar surface area (TPSA) is 3.24 Å². The van der Waals surface area contributed by atoms with Crippen LogP contribution in [0.1, 0.15) is 16.7 Å². The van der Waals surface area contributed by atoms with Crippen LogP contribution in [0.15, 0.2) is 46.9 Å². The van der Waals surface area contributed by atoms with Crippen LogP contribution in [0, 0.1) is 6.92 Å². The largest absolute Gasteiger partial charge is 0.370 e. The van der Waals surface area contributed by atoms with E-state index in [0.29, 0.717) is 5.88 Å². The molecular weight excluding hydrogens is 322 g/mol. The summed E-state index contributed by atoms with van der Waals surface area (Å²) >= 11 is 9.44. The third kappa shape index (κ3) is 3.52. The van der Waals surface area contributed by atoms with Gasteiger partial charge in [0, 0.05) is 29.6 Å². The summed E-state index contributed by atoms with van der Waals surface area (Å²) in [5, 5.41) is 0. The first-order valence-electron chi connectivity index (χ1n) is 6.22. The maximum atomic E-state index is 5.87. The number of aryl methyl sites for hydroxylation is 1. The minimum Gasteiger partial charge on any atom is -0.370 e. The molecule has 0 aromatic heterocycles. The molecule has 0 amide bonds. The van der Waals surface area contributed by atoms with Crippen LogP contribution >= 0.6 is 27.5 Å². The average molecular weight is 339 g/mol. The number of benzene rings is 2. The van der Waals surface area contributed by atoms with E-state index in [9.17, 15) is 0 Å². The Morgan fingerprint density at radius 2 is 1.84 bits per heavy atom. The number of halogens is 2. The molecule has 0 saturated carbocycles. The van der Waals surface area contributed by atoms with Gasteiger partial charge in [-0.15, -0.1) is 11.6 Å². The Bertz CT molecular complexity index is 568. The molecule has 19 heavy (non-hydrogen) atoms. The van der Waals surface area contributed by atoms with Crippen molar-refractivity contribution in [2.45, 2.75) is 19.3 Å². The zero-order chi connectivity index (χ0) is 13.8. The van der Waals surface area contributed by atoms with Crippen LogP contribution in [0.25, 0.3) is 0 Å². The van der Waals surface area contributed by atoms with E-state index in [4.69, 9.17) is 11.6 Å². The molecule has 1 nitrogen and oxygen atoms in total. The fraction of sp³-hybridized carbons (Fsp3) is 0.250. The van der Waals surface area contributed by atoms with Gasteiger partial charge in [-0.25, -0.2) is 0 Å². The fourth-order valence-corrected chi connectivity index (χ4v) is 2.92. The molecule has 0 aliphatic rings. The van der Waals surface area contributed by atoms with Gasteiger partial charge in [-0.3, -0.25) is 0 Å². The normalized spacial score (nSPS) is 10.5. The molecular formula is C16H17BrClN. The highest BCUT2D eigenvalue weighted by atomic mass is 79.9. The smallest absolute Gasteiger partial charge is 0.0485 e. The van der Waals surface area contributed by atoms with Crippen LogP contribution in [-0.4, -0.2) is 7.05 Å². The van der Waals surface area contributed by atoms with E-state index in [1.165, 1.54) is 16.8 Å². The van der Waals surface area contributed by atoms with Crippen molar-refractivity contribution in [2.75, 3.05) is 11.9 Å². The van der Waals surface area contributed by atoms with Gasteiger partial charge in [-0.2, -0.15) is 0 Å². The van der Waals surface area contributed by atoms with Crippen molar-refractivity contribution in [2.24, 2.45) is 0 Å². The monoisotopic (exact) mass is 337 g/mol. The summed E-state index contributed by atoms with van der Waals surface area (Å²) < 4.78 is 1.07. The van der Waals surface area contributed by atoms with E-state index in [0.717, 1.165) is 16.6 Å². The maximum absolute atomic E-state index is 5.87. The lowest BCUT2D eigenvalue weighted by molar-refractivity contribution is 0.913. The second-order valence-corrected chi connectivity index (χ2v) is 5.81. The van der Waals surface area contributed by atoms with Gasteiger partial charge >= 0.3 is 0 Å². The van der Waals surface area contributed by atoms with Crippen molar-refractivity contribution in [3.05, 3.63) is 63.6 Å². The molecule has 0 spiro atoms. The molecule has 2 aromatic rings. The Morgan fingerprint density at radius 1 is 1.11 bits per heavy atom. The number of hydrogen-bond acceptors (Lipinski definition) is 1. The SMILES string of the molecule is Cc1ccccc1CN(C)c1ccc(CCl)c(Br)c1. The highest BCUT2D eigenvalue weighted by molar-refractivity contribution is 9.10. The Morgan fingerprint density at radius 3 is 2.47 bits per heavy atom. The van der Waals surface area contributed by atoms with Crippen molar-refractivity contribution in [3.8, 4) is 0 Å². The predicted molar refractivity (Wildman–Crippen MR) is 87.0 cm³/mol. The lowest BCUT2D eigenvalue weighted by Gasteiger charge is -2.21. The van der Waals surface area contributed by atoms with Crippen molar-refractivity contribution >= 4 is 33.2 Å². The van der Waals surface area contributed by atoms with Crippen LogP contribution < -0.4 is 4.90 Å². The van der Waals surface area contributed by atoms with Crippen molar-refractivity contribution in [1.29, 1.82) is 0 Å². The summed E-state index contributed by atoms with van der Waals surface area (Å²) in [6.45, 7) is 3.05. The number of hydrogen-bond donors (Lipinski definition) is 0. The Kier molecular flexibility index (Phi) is 4.89. The molecule has 0 aliphatic carbocycles. The van der Waals surface area contributed by atoms with Crippen molar-refractivity contribution in [1.82, 2.24) is 0 Å². The Balaban J connectivity index is 2.18. The van der Waals surface area contributed by atoms with E-state index in [1.807, 2.05) is 0 Å². The molecule has 0 atom stereocenters. The lowest BCUT2D eigenvalue weighted by atomic mass is 10.1. The van der Waals surface area contributed by atoms with Gasteiger partial charge < -0.3 is 4.90 Å². The lowest BCUT2D eigenvalue weighted by Crippen LogP contribution is -2.17. The number of nitrogens with zero attached hydrogens (tertiary/aromatic N) is 1. The van der Waals surface area contributed by atoms with Gasteiger partial charge in [0.15, 0.2) is 0 Å². The summed E-state index contributed by atoms with van der Waals surface area (Å²) in [5.74, 6) is 0.530. The van der Waals surface area contributed by atoms with Gasteiger partial charge in [-0.05, 0) is 35.7 Å². The minimum absolute atomic E-state index is 0.530. The average Bonchev–Trinajstić information content (AvgIpc) is 2.41. The van der Waals surface area contributed by atoms with Gasteiger partial charge in [-0.1, -0.05) is 46.3 Å². The predicted octanol–water partition coefficient (Wildman–Crippen LogP) is 5.13. The molecule has 0 N–H and O–H groups in total. The van der Waals surface area contributed by atoms with Crippen LogP contribution in [0.5, 0.6) is 0 Å². The summed E-state index contributed by atoms with van der Waals surface area (Å²) in [7, 11) is 2.11. The minimum atomic E-state index is 0.530. The Labute approximate surface area is 128 Å². The van der Waals surface area contributed by atoms with E-state index >= 15 is 0 Å². The maximum Gasteiger partial charge on any atom is 0.0485 e. The summed E-state index contributed by atoms with van der Waals surface area (Å²) in [6.07, 6.45) is 0. The first kappa shape index (κ1) is 14.4. The van der Waals surface area contributed by atoms with E-state index in [1.54, 1.807) is 0 Å². The quantitative estimate of drug-likeness (QED) is 0.698. The second-order valence-electron chi connectivity index (χ2n) is 4.69. The van der Waals surface area contributed by atoms with E-state index in [2.05, 4.69) is 77.3 Å². The summed E-state index contributed by atoms with van der Waals surface area (Å²) in [4.78, 5) is 2.24. The highest BCUT2D eigenvalue weighted by Crippen LogP contribution is 2.26. The molecule has 0 unspecified atom stereocenters. The molecule has 2 aromatic carbocycles.